The van der Waals surface area contributed by atoms with Crippen molar-refractivity contribution in [1.29, 1.82) is 0 Å². The third kappa shape index (κ3) is 3.44. The summed E-state index contributed by atoms with van der Waals surface area (Å²) in [6.07, 6.45) is 5.79. The number of carbonyl (C=O) groups excluding carboxylic acids is 2. The zero-order chi connectivity index (χ0) is 21.5. The van der Waals surface area contributed by atoms with E-state index in [0.29, 0.717) is 24.9 Å². The number of rotatable bonds is 6. The lowest BCUT2D eigenvalue weighted by atomic mass is 10.1. The largest absolute Gasteiger partial charge is 0.402 e. The minimum absolute atomic E-state index is 0.170. The number of benzene rings is 1. The average molecular weight is 423 g/mol. The molecular formula is C23H28N5O3+. The summed E-state index contributed by atoms with van der Waals surface area (Å²) in [7, 11) is 1.70. The highest BCUT2D eigenvalue weighted by Crippen LogP contribution is 2.30. The van der Waals surface area contributed by atoms with Gasteiger partial charge in [0, 0.05) is 20.2 Å². The highest BCUT2D eigenvalue weighted by atomic mass is 16.5. The number of imide groups is 1. The van der Waals surface area contributed by atoms with Crippen molar-refractivity contribution in [2.24, 2.45) is 4.99 Å². The van der Waals surface area contributed by atoms with Crippen LogP contribution in [0.3, 0.4) is 0 Å². The number of aliphatic imine (C=N–C) groups is 1. The molecule has 162 valence electrons. The first kappa shape index (κ1) is 19.9. The van der Waals surface area contributed by atoms with Crippen LogP contribution in [0.2, 0.25) is 0 Å². The van der Waals surface area contributed by atoms with Gasteiger partial charge in [-0.2, -0.15) is 0 Å². The maximum Gasteiger partial charge on any atom is 0.402 e. The predicted molar refractivity (Wildman–Crippen MR) is 114 cm³/mol. The SMILES string of the molecule is Cc1c[n+]2c(n1CC1CCCO1)N=C1C2C(=O)N(CCCc2ccccc2)C(=O)N1C. The normalized spacial score (nSPS) is 22.7. The first-order chi connectivity index (χ1) is 15.0. The van der Waals surface area contributed by atoms with Gasteiger partial charge in [0.25, 0.3) is 5.91 Å². The Hall–Kier alpha value is -3.00. The average Bonchev–Trinajstić information content (AvgIpc) is 3.48. The Morgan fingerprint density at radius 2 is 2.03 bits per heavy atom. The van der Waals surface area contributed by atoms with Crippen LogP contribution < -0.4 is 4.57 Å². The molecule has 0 radical (unpaired) electrons. The van der Waals surface area contributed by atoms with E-state index in [1.165, 1.54) is 15.4 Å². The number of imidazole rings is 1. The molecule has 2 saturated heterocycles. The van der Waals surface area contributed by atoms with Crippen LogP contribution in [-0.4, -0.2) is 58.4 Å². The van der Waals surface area contributed by atoms with Gasteiger partial charge in [-0.1, -0.05) is 35.3 Å². The third-order valence-electron chi connectivity index (χ3n) is 6.42. The van der Waals surface area contributed by atoms with Crippen LogP contribution >= 0.6 is 0 Å². The van der Waals surface area contributed by atoms with Crippen LogP contribution in [0.15, 0.2) is 41.5 Å². The Kier molecular flexibility index (Phi) is 5.09. The van der Waals surface area contributed by atoms with Crippen molar-refractivity contribution in [2.45, 2.75) is 51.3 Å². The molecule has 4 heterocycles. The molecular weight excluding hydrogens is 394 g/mol. The lowest BCUT2D eigenvalue weighted by molar-refractivity contribution is -0.677. The second-order valence-corrected chi connectivity index (χ2v) is 8.52. The molecule has 3 amide bonds. The molecule has 31 heavy (non-hydrogen) atoms. The molecule has 0 saturated carbocycles. The van der Waals surface area contributed by atoms with Crippen LogP contribution in [0.4, 0.5) is 10.7 Å². The van der Waals surface area contributed by atoms with E-state index in [1.807, 2.05) is 35.9 Å². The smallest absolute Gasteiger partial charge is 0.375 e. The molecule has 3 aliphatic heterocycles. The Morgan fingerprint density at radius 1 is 1.23 bits per heavy atom. The second-order valence-electron chi connectivity index (χ2n) is 8.52. The van der Waals surface area contributed by atoms with Crippen molar-refractivity contribution in [3.8, 4) is 0 Å². The van der Waals surface area contributed by atoms with Crippen molar-refractivity contribution >= 4 is 23.7 Å². The zero-order valence-corrected chi connectivity index (χ0v) is 18.0. The van der Waals surface area contributed by atoms with E-state index >= 15 is 0 Å². The number of ether oxygens (including phenoxy) is 1. The topological polar surface area (TPSA) is 71.0 Å². The quantitative estimate of drug-likeness (QED) is 0.671. The fourth-order valence-corrected chi connectivity index (χ4v) is 4.74. The molecule has 8 nitrogen and oxygen atoms in total. The van der Waals surface area contributed by atoms with Crippen molar-refractivity contribution in [1.82, 2.24) is 14.4 Å². The van der Waals surface area contributed by atoms with E-state index in [-0.39, 0.29) is 18.0 Å². The molecule has 0 N–H and O–H groups in total. The summed E-state index contributed by atoms with van der Waals surface area (Å²) in [5.41, 5.74) is 2.24. The van der Waals surface area contributed by atoms with Gasteiger partial charge in [0.15, 0.2) is 0 Å². The van der Waals surface area contributed by atoms with Gasteiger partial charge >= 0.3 is 12.0 Å². The Labute approximate surface area is 181 Å². The number of hydrogen-bond acceptors (Lipinski definition) is 4. The highest BCUT2D eigenvalue weighted by molar-refractivity contribution is 6.19. The molecule has 1 aromatic heterocycles. The number of amidine groups is 1. The first-order valence-corrected chi connectivity index (χ1v) is 11.0. The predicted octanol–water partition coefficient (Wildman–Crippen LogP) is 2.37. The van der Waals surface area contributed by atoms with Crippen LogP contribution in [0.25, 0.3) is 0 Å². The summed E-state index contributed by atoms with van der Waals surface area (Å²) in [6, 6.07) is 9.23. The maximum atomic E-state index is 13.4. The van der Waals surface area contributed by atoms with Crippen molar-refractivity contribution in [2.75, 3.05) is 20.2 Å². The molecule has 5 rings (SSSR count). The summed E-state index contributed by atoms with van der Waals surface area (Å²) in [6.45, 7) is 3.93. The molecule has 2 atom stereocenters. The minimum atomic E-state index is -0.584. The van der Waals surface area contributed by atoms with Crippen LogP contribution in [0.5, 0.6) is 0 Å². The van der Waals surface area contributed by atoms with E-state index in [0.717, 1.165) is 38.0 Å². The molecule has 0 spiro atoms. The number of carbonyl (C=O) groups is 2. The standard InChI is InChI=1S/C23H28N5O3/c1-16-14-28-19-20(24-22(28)27(16)15-18-11-7-13-31-18)25(2)23(30)26(21(19)29)12-6-10-17-8-4-3-5-9-17/h3-5,8-9,14,18-19H,6-7,10-13,15H2,1-2H3/q+1. The molecule has 0 bridgehead atoms. The van der Waals surface area contributed by atoms with Crippen LogP contribution in [0, 0.1) is 6.92 Å². The lowest BCUT2D eigenvalue weighted by Crippen LogP contribution is -2.62. The monoisotopic (exact) mass is 422 g/mol. The number of likely N-dealkylation sites (N-methyl/N-ethyl adjacent to an activating group) is 1. The van der Waals surface area contributed by atoms with Gasteiger partial charge in [-0.3, -0.25) is 14.6 Å². The summed E-state index contributed by atoms with van der Waals surface area (Å²) in [4.78, 5) is 33.9. The number of nitrogens with zero attached hydrogens (tertiary/aromatic N) is 5. The van der Waals surface area contributed by atoms with Gasteiger partial charge in [-0.05, 0) is 38.2 Å². The van der Waals surface area contributed by atoms with Crippen LogP contribution in [0.1, 0.15) is 36.6 Å². The van der Waals surface area contributed by atoms with Crippen molar-refractivity contribution in [3.63, 3.8) is 0 Å². The summed E-state index contributed by atoms with van der Waals surface area (Å²) in [5, 5.41) is 0. The van der Waals surface area contributed by atoms with E-state index in [1.54, 1.807) is 7.05 Å². The second kappa shape index (κ2) is 7.92. The Balaban J connectivity index is 1.37. The number of urea groups is 1. The maximum absolute atomic E-state index is 13.4. The zero-order valence-electron chi connectivity index (χ0n) is 18.0. The number of fused-ring (bicyclic) bond motifs is 3. The number of amides is 3. The number of aromatic nitrogens is 2. The summed E-state index contributed by atoms with van der Waals surface area (Å²) >= 11 is 0. The van der Waals surface area contributed by atoms with E-state index in [2.05, 4.69) is 16.7 Å². The van der Waals surface area contributed by atoms with Gasteiger partial charge in [0.1, 0.15) is 11.9 Å². The van der Waals surface area contributed by atoms with Crippen molar-refractivity contribution in [3.05, 3.63) is 47.8 Å². The number of aryl methyl sites for hydroxylation is 2. The Morgan fingerprint density at radius 3 is 2.77 bits per heavy atom. The summed E-state index contributed by atoms with van der Waals surface area (Å²) < 4.78 is 9.81. The van der Waals surface area contributed by atoms with Gasteiger partial charge in [0.2, 0.25) is 11.9 Å². The van der Waals surface area contributed by atoms with E-state index in [9.17, 15) is 9.59 Å². The Bertz CT molecular complexity index is 1040. The fraction of sp³-hybridized carbons (Fsp3) is 0.478. The van der Waals surface area contributed by atoms with Gasteiger partial charge in [-0.15, -0.1) is 0 Å². The van der Waals surface area contributed by atoms with Gasteiger partial charge in [-0.25, -0.2) is 13.9 Å². The van der Waals surface area contributed by atoms with E-state index < -0.39 is 6.04 Å². The molecule has 2 aromatic rings. The first-order valence-electron chi connectivity index (χ1n) is 11.0. The molecule has 2 unspecified atom stereocenters. The molecule has 0 aliphatic carbocycles. The minimum Gasteiger partial charge on any atom is -0.375 e. The van der Waals surface area contributed by atoms with Gasteiger partial charge < -0.3 is 4.74 Å². The molecule has 1 aromatic carbocycles. The molecule has 2 fully saturated rings. The third-order valence-corrected chi connectivity index (χ3v) is 6.42. The number of hydrogen-bond donors (Lipinski definition) is 0. The van der Waals surface area contributed by atoms with Crippen molar-refractivity contribution < 1.29 is 18.9 Å². The van der Waals surface area contributed by atoms with Gasteiger partial charge in [0.05, 0.1) is 12.6 Å². The lowest BCUT2D eigenvalue weighted by Gasteiger charge is -2.33. The van der Waals surface area contributed by atoms with Crippen LogP contribution in [-0.2, 0) is 22.5 Å². The molecule has 3 aliphatic rings. The summed E-state index contributed by atoms with van der Waals surface area (Å²) in [5.74, 6) is 1.02. The fourth-order valence-electron chi connectivity index (χ4n) is 4.74. The highest BCUT2D eigenvalue weighted by Gasteiger charge is 2.53. The van der Waals surface area contributed by atoms with E-state index in [4.69, 9.17) is 9.73 Å². The molecule has 8 heteroatoms.